The van der Waals surface area contributed by atoms with Gasteiger partial charge in [0.05, 0.1) is 6.26 Å². The zero-order chi connectivity index (χ0) is 10.3. The summed E-state index contributed by atoms with van der Waals surface area (Å²) in [5, 5.41) is 0. The standard InChI is InChI=1S/C13H10O2/c14-12-8-11(9-4-2-1-3-5-9)10-6-7-15-13(10)12/h1-7,11H,8H2/t11-/m1/s1. The van der Waals surface area contributed by atoms with Crippen LogP contribution < -0.4 is 0 Å². The smallest absolute Gasteiger partial charge is 0.199 e. The van der Waals surface area contributed by atoms with Crippen molar-refractivity contribution < 1.29 is 9.21 Å². The van der Waals surface area contributed by atoms with Crippen LogP contribution in [0.2, 0.25) is 0 Å². The summed E-state index contributed by atoms with van der Waals surface area (Å²) < 4.78 is 5.19. The van der Waals surface area contributed by atoms with Crippen molar-refractivity contribution in [1.29, 1.82) is 0 Å². The molecule has 0 amide bonds. The Kier molecular flexibility index (Phi) is 1.75. The van der Waals surface area contributed by atoms with Gasteiger partial charge in [0.1, 0.15) is 0 Å². The second kappa shape index (κ2) is 3.09. The summed E-state index contributed by atoms with van der Waals surface area (Å²) in [6.07, 6.45) is 2.14. The Morgan fingerprint density at radius 3 is 2.73 bits per heavy atom. The number of rotatable bonds is 1. The Bertz CT molecular complexity index is 496. The van der Waals surface area contributed by atoms with Crippen LogP contribution in [0.4, 0.5) is 0 Å². The predicted molar refractivity (Wildman–Crippen MR) is 55.9 cm³/mol. The number of hydrogen-bond donors (Lipinski definition) is 0. The molecule has 0 spiro atoms. The molecule has 74 valence electrons. The molecular formula is C13H10O2. The summed E-state index contributed by atoms with van der Waals surface area (Å²) in [7, 11) is 0. The van der Waals surface area contributed by atoms with Crippen molar-refractivity contribution in [3.8, 4) is 0 Å². The van der Waals surface area contributed by atoms with Crippen molar-refractivity contribution >= 4 is 5.78 Å². The maximum absolute atomic E-state index is 11.6. The summed E-state index contributed by atoms with van der Waals surface area (Å²) in [5.41, 5.74) is 2.22. The number of carbonyl (C=O) groups excluding carboxylic acids is 1. The third kappa shape index (κ3) is 1.22. The molecule has 1 heterocycles. The minimum Gasteiger partial charge on any atom is -0.461 e. The first kappa shape index (κ1) is 8.48. The van der Waals surface area contributed by atoms with Gasteiger partial charge in [0.15, 0.2) is 11.5 Å². The highest BCUT2D eigenvalue weighted by molar-refractivity contribution is 5.99. The average Bonchev–Trinajstić information content (AvgIpc) is 2.84. The van der Waals surface area contributed by atoms with E-state index in [0.29, 0.717) is 12.2 Å². The van der Waals surface area contributed by atoms with Gasteiger partial charge < -0.3 is 4.42 Å². The first-order chi connectivity index (χ1) is 7.36. The number of benzene rings is 1. The van der Waals surface area contributed by atoms with E-state index in [4.69, 9.17) is 4.42 Å². The van der Waals surface area contributed by atoms with Crippen LogP contribution >= 0.6 is 0 Å². The molecule has 0 aliphatic heterocycles. The van der Waals surface area contributed by atoms with Gasteiger partial charge in [0, 0.05) is 17.9 Å². The molecule has 1 aliphatic carbocycles. The number of furan rings is 1. The molecule has 3 rings (SSSR count). The van der Waals surface area contributed by atoms with Crippen LogP contribution in [0.1, 0.15) is 34.0 Å². The van der Waals surface area contributed by atoms with E-state index in [-0.39, 0.29) is 11.7 Å². The molecule has 15 heavy (non-hydrogen) atoms. The van der Waals surface area contributed by atoms with Gasteiger partial charge in [-0.25, -0.2) is 0 Å². The van der Waals surface area contributed by atoms with E-state index in [1.165, 1.54) is 5.56 Å². The van der Waals surface area contributed by atoms with E-state index in [0.717, 1.165) is 5.56 Å². The van der Waals surface area contributed by atoms with Crippen LogP contribution in [0.5, 0.6) is 0 Å². The first-order valence-corrected chi connectivity index (χ1v) is 5.02. The topological polar surface area (TPSA) is 30.2 Å². The zero-order valence-electron chi connectivity index (χ0n) is 8.14. The van der Waals surface area contributed by atoms with Crippen LogP contribution in [0.3, 0.4) is 0 Å². The van der Waals surface area contributed by atoms with E-state index in [9.17, 15) is 4.79 Å². The number of carbonyl (C=O) groups is 1. The van der Waals surface area contributed by atoms with Gasteiger partial charge in [-0.1, -0.05) is 30.3 Å². The van der Waals surface area contributed by atoms with Gasteiger partial charge in [-0.2, -0.15) is 0 Å². The van der Waals surface area contributed by atoms with Crippen molar-refractivity contribution in [1.82, 2.24) is 0 Å². The van der Waals surface area contributed by atoms with Crippen molar-refractivity contribution in [2.45, 2.75) is 12.3 Å². The van der Waals surface area contributed by atoms with Gasteiger partial charge in [-0.15, -0.1) is 0 Å². The first-order valence-electron chi connectivity index (χ1n) is 5.02. The van der Waals surface area contributed by atoms with Crippen molar-refractivity contribution in [2.24, 2.45) is 0 Å². The van der Waals surface area contributed by atoms with Crippen LogP contribution in [-0.4, -0.2) is 5.78 Å². The number of ketones is 1. The van der Waals surface area contributed by atoms with Gasteiger partial charge in [-0.05, 0) is 11.6 Å². The van der Waals surface area contributed by atoms with Crippen LogP contribution in [0.15, 0.2) is 47.1 Å². The maximum atomic E-state index is 11.6. The second-order valence-electron chi connectivity index (χ2n) is 3.80. The molecular weight excluding hydrogens is 188 g/mol. The zero-order valence-corrected chi connectivity index (χ0v) is 8.14. The molecule has 1 aliphatic rings. The fraction of sp³-hybridized carbons (Fsp3) is 0.154. The quantitative estimate of drug-likeness (QED) is 0.705. The minimum absolute atomic E-state index is 0.115. The molecule has 2 aromatic rings. The minimum atomic E-state index is 0.115. The molecule has 0 saturated carbocycles. The normalized spacial score (nSPS) is 19.2. The monoisotopic (exact) mass is 198 g/mol. The molecule has 0 unspecified atom stereocenters. The lowest BCUT2D eigenvalue weighted by atomic mass is 9.94. The fourth-order valence-corrected chi connectivity index (χ4v) is 2.19. The molecule has 0 radical (unpaired) electrons. The van der Waals surface area contributed by atoms with E-state index >= 15 is 0 Å². The average molecular weight is 198 g/mol. The Labute approximate surface area is 87.5 Å². The number of Topliss-reactive ketones (excluding diaryl/α,β-unsaturated/α-hetero) is 1. The Balaban J connectivity index is 2.09. The molecule has 0 N–H and O–H groups in total. The third-order valence-electron chi connectivity index (χ3n) is 2.92. The maximum Gasteiger partial charge on any atom is 0.199 e. The number of fused-ring (bicyclic) bond motifs is 1. The van der Waals surface area contributed by atoms with Crippen LogP contribution in [-0.2, 0) is 0 Å². The number of hydrogen-bond acceptors (Lipinski definition) is 2. The van der Waals surface area contributed by atoms with E-state index in [1.807, 2.05) is 24.3 Å². The van der Waals surface area contributed by atoms with Gasteiger partial charge in [-0.3, -0.25) is 4.79 Å². The van der Waals surface area contributed by atoms with Crippen molar-refractivity contribution in [3.63, 3.8) is 0 Å². The molecule has 0 saturated heterocycles. The Hall–Kier alpha value is -1.83. The molecule has 0 fully saturated rings. The summed E-state index contributed by atoms with van der Waals surface area (Å²) in [5.74, 6) is 0.847. The van der Waals surface area contributed by atoms with Gasteiger partial charge >= 0.3 is 0 Å². The van der Waals surface area contributed by atoms with Crippen molar-refractivity contribution in [2.75, 3.05) is 0 Å². The fourth-order valence-electron chi connectivity index (χ4n) is 2.19. The third-order valence-corrected chi connectivity index (χ3v) is 2.92. The largest absolute Gasteiger partial charge is 0.461 e. The lowest BCUT2D eigenvalue weighted by Crippen LogP contribution is -1.96. The molecule has 0 bridgehead atoms. The molecule has 1 atom stereocenters. The van der Waals surface area contributed by atoms with Crippen LogP contribution in [0.25, 0.3) is 0 Å². The molecule has 2 nitrogen and oxygen atoms in total. The Morgan fingerprint density at radius 1 is 1.13 bits per heavy atom. The highest BCUT2D eigenvalue weighted by atomic mass is 16.3. The van der Waals surface area contributed by atoms with E-state index in [1.54, 1.807) is 6.26 Å². The summed E-state index contributed by atoms with van der Waals surface area (Å²) in [6, 6.07) is 12.0. The summed E-state index contributed by atoms with van der Waals surface area (Å²) in [6.45, 7) is 0. The van der Waals surface area contributed by atoms with Gasteiger partial charge in [0.2, 0.25) is 0 Å². The predicted octanol–water partition coefficient (Wildman–Crippen LogP) is 3.00. The highest BCUT2D eigenvalue weighted by Gasteiger charge is 2.32. The molecule has 2 heteroatoms. The van der Waals surface area contributed by atoms with Gasteiger partial charge in [0.25, 0.3) is 0 Å². The lowest BCUT2D eigenvalue weighted by Gasteiger charge is -2.07. The second-order valence-corrected chi connectivity index (χ2v) is 3.80. The van der Waals surface area contributed by atoms with Crippen molar-refractivity contribution in [3.05, 3.63) is 59.5 Å². The molecule has 1 aromatic carbocycles. The van der Waals surface area contributed by atoms with Crippen LogP contribution in [0, 0.1) is 0 Å². The van der Waals surface area contributed by atoms with E-state index in [2.05, 4.69) is 12.1 Å². The highest BCUT2D eigenvalue weighted by Crippen LogP contribution is 2.38. The SMILES string of the molecule is O=C1C[C@H](c2ccccc2)c2ccoc21. The lowest BCUT2D eigenvalue weighted by molar-refractivity contribution is 0.0967. The summed E-state index contributed by atoms with van der Waals surface area (Å²) >= 11 is 0. The Morgan fingerprint density at radius 2 is 1.93 bits per heavy atom. The summed E-state index contributed by atoms with van der Waals surface area (Å²) in [4.78, 5) is 11.6. The van der Waals surface area contributed by atoms with E-state index < -0.39 is 0 Å². The molecule has 1 aromatic heterocycles.